The molecular formula is C20H28N2. The van der Waals surface area contributed by atoms with E-state index < -0.39 is 0 Å². The molecule has 0 spiro atoms. The van der Waals surface area contributed by atoms with Gasteiger partial charge in [0, 0.05) is 17.5 Å². The van der Waals surface area contributed by atoms with Gasteiger partial charge in [-0.3, -0.25) is 0 Å². The van der Waals surface area contributed by atoms with Crippen LogP contribution in [-0.4, -0.2) is 11.8 Å². The molecule has 1 unspecified atom stereocenters. The fourth-order valence-corrected chi connectivity index (χ4v) is 2.45. The number of rotatable bonds is 7. The van der Waals surface area contributed by atoms with E-state index in [1.807, 2.05) is 19.1 Å². The normalized spacial score (nSPS) is 13.2. The molecule has 118 valence electrons. The van der Waals surface area contributed by atoms with Crippen molar-refractivity contribution in [2.24, 2.45) is 0 Å². The second kappa shape index (κ2) is 8.38. The minimum absolute atomic E-state index is 0.287. The Morgan fingerprint density at radius 2 is 2.00 bits per heavy atom. The van der Waals surface area contributed by atoms with Crippen LogP contribution in [0.5, 0.6) is 0 Å². The van der Waals surface area contributed by atoms with Crippen LogP contribution < -0.4 is 5.32 Å². The fourth-order valence-electron chi connectivity index (χ4n) is 2.45. The summed E-state index contributed by atoms with van der Waals surface area (Å²) in [5.74, 6) is 0. The van der Waals surface area contributed by atoms with Crippen molar-refractivity contribution in [1.82, 2.24) is 5.32 Å². The molecule has 0 saturated heterocycles. The van der Waals surface area contributed by atoms with E-state index in [9.17, 15) is 0 Å². The number of hydrogen-bond acceptors (Lipinski definition) is 2. The SMILES string of the molecule is C=C(NC(C)CC(/C=C\C(C)=N)=C/C)c1ccc(C)cc1C. The third-order valence-electron chi connectivity index (χ3n) is 3.59. The molecule has 2 N–H and O–H groups in total. The first-order valence-electron chi connectivity index (χ1n) is 7.75. The first kappa shape index (κ1) is 18.0. The quantitative estimate of drug-likeness (QED) is 0.527. The lowest BCUT2D eigenvalue weighted by Gasteiger charge is -2.19. The van der Waals surface area contributed by atoms with Crippen molar-refractivity contribution in [3.8, 4) is 0 Å². The van der Waals surface area contributed by atoms with Gasteiger partial charge in [-0.2, -0.15) is 0 Å². The van der Waals surface area contributed by atoms with E-state index in [4.69, 9.17) is 5.41 Å². The third kappa shape index (κ3) is 5.72. The molecule has 22 heavy (non-hydrogen) atoms. The van der Waals surface area contributed by atoms with E-state index in [-0.39, 0.29) is 6.04 Å². The summed E-state index contributed by atoms with van der Waals surface area (Å²) in [7, 11) is 0. The zero-order valence-corrected chi connectivity index (χ0v) is 14.5. The Morgan fingerprint density at radius 1 is 1.32 bits per heavy atom. The molecule has 0 fully saturated rings. The van der Waals surface area contributed by atoms with Crippen molar-refractivity contribution in [3.05, 3.63) is 65.3 Å². The highest BCUT2D eigenvalue weighted by Gasteiger charge is 2.08. The van der Waals surface area contributed by atoms with E-state index in [0.29, 0.717) is 5.71 Å². The van der Waals surface area contributed by atoms with E-state index in [0.717, 1.165) is 12.1 Å². The molecule has 0 aliphatic carbocycles. The molecule has 1 aromatic rings. The highest BCUT2D eigenvalue weighted by molar-refractivity contribution is 5.90. The minimum atomic E-state index is 0.287. The van der Waals surface area contributed by atoms with Crippen LogP contribution in [0.15, 0.2) is 48.6 Å². The van der Waals surface area contributed by atoms with Gasteiger partial charge in [0.15, 0.2) is 0 Å². The largest absolute Gasteiger partial charge is 0.382 e. The Morgan fingerprint density at radius 3 is 2.55 bits per heavy atom. The van der Waals surface area contributed by atoms with Gasteiger partial charge in [0.25, 0.3) is 0 Å². The van der Waals surface area contributed by atoms with Gasteiger partial charge in [0.05, 0.1) is 0 Å². The minimum Gasteiger partial charge on any atom is -0.382 e. The van der Waals surface area contributed by atoms with Crippen LogP contribution in [0, 0.1) is 19.3 Å². The highest BCUT2D eigenvalue weighted by Crippen LogP contribution is 2.18. The van der Waals surface area contributed by atoms with Crippen LogP contribution >= 0.6 is 0 Å². The van der Waals surface area contributed by atoms with Crippen molar-refractivity contribution in [1.29, 1.82) is 5.41 Å². The summed E-state index contributed by atoms with van der Waals surface area (Å²) in [4.78, 5) is 0. The molecule has 0 saturated carbocycles. The topological polar surface area (TPSA) is 35.9 Å². The summed E-state index contributed by atoms with van der Waals surface area (Å²) in [6.07, 6.45) is 6.85. The third-order valence-corrected chi connectivity index (χ3v) is 3.59. The number of aryl methyl sites for hydroxylation is 2. The van der Waals surface area contributed by atoms with Crippen molar-refractivity contribution < 1.29 is 0 Å². The van der Waals surface area contributed by atoms with Crippen molar-refractivity contribution >= 4 is 11.4 Å². The van der Waals surface area contributed by atoms with Crippen LogP contribution in [0.25, 0.3) is 5.70 Å². The monoisotopic (exact) mass is 296 g/mol. The Kier molecular flexibility index (Phi) is 6.84. The average molecular weight is 296 g/mol. The highest BCUT2D eigenvalue weighted by atomic mass is 14.9. The van der Waals surface area contributed by atoms with Crippen molar-refractivity contribution in [2.45, 2.75) is 47.1 Å². The summed E-state index contributed by atoms with van der Waals surface area (Å²) < 4.78 is 0. The smallest absolute Gasteiger partial charge is 0.0345 e. The molecule has 0 bridgehead atoms. The molecule has 0 aromatic heterocycles. The Balaban J connectivity index is 2.69. The fraction of sp³-hybridized carbons (Fsp3) is 0.350. The molecule has 0 aliphatic rings. The number of nitrogens with one attached hydrogen (secondary N) is 2. The van der Waals surface area contributed by atoms with Crippen LogP contribution in [0.4, 0.5) is 0 Å². The molecule has 2 heteroatoms. The standard InChI is InChI=1S/C20H28N2/c1-7-19(10-9-16(4)21)13-17(5)22-18(6)20-11-8-14(2)12-15(20)3/h7-12,17,21-22H,6,13H2,1-5H3/b10-9-,19-7+,21-16?. The maximum atomic E-state index is 7.47. The van der Waals surface area contributed by atoms with Crippen molar-refractivity contribution in [2.75, 3.05) is 0 Å². The first-order valence-corrected chi connectivity index (χ1v) is 7.75. The molecule has 1 rings (SSSR count). The molecule has 0 radical (unpaired) electrons. The predicted octanol–water partition coefficient (Wildman–Crippen LogP) is 5.18. The molecular weight excluding hydrogens is 268 g/mol. The Labute approximate surface area is 135 Å². The Hall–Kier alpha value is -2.09. The lowest BCUT2D eigenvalue weighted by molar-refractivity contribution is 0.650. The van der Waals surface area contributed by atoms with Crippen molar-refractivity contribution in [3.63, 3.8) is 0 Å². The van der Waals surface area contributed by atoms with Crippen LogP contribution in [0.1, 0.15) is 43.9 Å². The van der Waals surface area contributed by atoms with Gasteiger partial charge >= 0.3 is 0 Å². The van der Waals surface area contributed by atoms with Gasteiger partial charge in [0.1, 0.15) is 0 Å². The number of allylic oxidation sites excluding steroid dienone is 3. The zero-order chi connectivity index (χ0) is 16.7. The molecule has 1 atom stereocenters. The van der Waals surface area contributed by atoms with Crippen LogP contribution in [0.3, 0.4) is 0 Å². The molecule has 0 heterocycles. The van der Waals surface area contributed by atoms with E-state index in [2.05, 4.69) is 56.9 Å². The number of benzene rings is 1. The Bertz CT molecular complexity index is 606. The molecule has 0 aliphatic heterocycles. The predicted molar refractivity (Wildman–Crippen MR) is 98.5 cm³/mol. The second-order valence-electron chi connectivity index (χ2n) is 5.93. The van der Waals surface area contributed by atoms with Gasteiger partial charge in [-0.15, -0.1) is 0 Å². The molecule has 1 aromatic carbocycles. The summed E-state index contributed by atoms with van der Waals surface area (Å²) >= 11 is 0. The lowest BCUT2D eigenvalue weighted by atomic mass is 10.0. The van der Waals surface area contributed by atoms with E-state index in [1.54, 1.807) is 6.92 Å². The average Bonchev–Trinajstić information content (AvgIpc) is 2.42. The summed E-state index contributed by atoms with van der Waals surface area (Å²) in [5.41, 5.74) is 6.44. The van der Waals surface area contributed by atoms with Crippen LogP contribution in [-0.2, 0) is 0 Å². The van der Waals surface area contributed by atoms with Gasteiger partial charge in [-0.1, -0.05) is 48.1 Å². The molecule has 0 amide bonds. The maximum Gasteiger partial charge on any atom is 0.0345 e. The summed E-state index contributed by atoms with van der Waals surface area (Å²) in [6, 6.07) is 6.71. The summed E-state index contributed by atoms with van der Waals surface area (Å²) in [6.45, 7) is 14.4. The lowest BCUT2D eigenvalue weighted by Crippen LogP contribution is -2.24. The van der Waals surface area contributed by atoms with Crippen LogP contribution in [0.2, 0.25) is 0 Å². The first-order chi connectivity index (χ1) is 10.3. The second-order valence-corrected chi connectivity index (χ2v) is 5.93. The van der Waals surface area contributed by atoms with E-state index in [1.165, 1.54) is 22.3 Å². The van der Waals surface area contributed by atoms with Gasteiger partial charge in [0.2, 0.25) is 0 Å². The van der Waals surface area contributed by atoms with Gasteiger partial charge < -0.3 is 10.7 Å². The summed E-state index contributed by atoms with van der Waals surface area (Å²) in [5, 5.41) is 11.0. The van der Waals surface area contributed by atoms with Gasteiger partial charge in [-0.05, 0) is 58.2 Å². The van der Waals surface area contributed by atoms with E-state index >= 15 is 0 Å². The number of hydrogen-bond donors (Lipinski definition) is 2. The molecule has 2 nitrogen and oxygen atoms in total. The maximum absolute atomic E-state index is 7.47. The van der Waals surface area contributed by atoms with Gasteiger partial charge in [-0.25, -0.2) is 0 Å². The zero-order valence-electron chi connectivity index (χ0n) is 14.5.